The Bertz CT molecular complexity index is 734. The molecule has 0 heterocycles. The van der Waals surface area contributed by atoms with Crippen molar-refractivity contribution in [1.82, 2.24) is 5.32 Å². The molecule has 25 heavy (non-hydrogen) atoms. The molecule has 0 aliphatic rings. The maximum Gasteiger partial charge on any atom is 0.418 e. The zero-order valence-corrected chi connectivity index (χ0v) is 14.5. The van der Waals surface area contributed by atoms with E-state index >= 15 is 0 Å². The highest BCUT2D eigenvalue weighted by atomic mass is 35.5. The second-order valence-electron chi connectivity index (χ2n) is 5.27. The van der Waals surface area contributed by atoms with E-state index in [4.69, 9.17) is 23.2 Å². The topological polar surface area (TPSA) is 41.1 Å². The van der Waals surface area contributed by atoms with Gasteiger partial charge in [0, 0.05) is 22.3 Å². The molecule has 0 saturated heterocycles. The quantitative estimate of drug-likeness (QED) is 0.744. The fraction of sp³-hybridized carbons (Fsp3) is 0.235. The minimum Gasteiger partial charge on any atom is -0.376 e. The van der Waals surface area contributed by atoms with Crippen molar-refractivity contribution in [3.63, 3.8) is 0 Å². The summed E-state index contributed by atoms with van der Waals surface area (Å²) in [6.45, 7) is 0.0974. The fourth-order valence-corrected chi connectivity index (χ4v) is 2.44. The molecule has 0 spiro atoms. The van der Waals surface area contributed by atoms with E-state index < -0.39 is 17.6 Å². The van der Waals surface area contributed by atoms with Crippen LogP contribution < -0.4 is 10.6 Å². The van der Waals surface area contributed by atoms with E-state index in [0.29, 0.717) is 18.0 Å². The van der Waals surface area contributed by atoms with Crippen LogP contribution >= 0.6 is 23.2 Å². The Morgan fingerprint density at radius 1 is 1.00 bits per heavy atom. The van der Waals surface area contributed by atoms with Crippen LogP contribution in [0.1, 0.15) is 11.1 Å². The van der Waals surface area contributed by atoms with Crippen molar-refractivity contribution < 1.29 is 18.0 Å². The maximum absolute atomic E-state index is 13.0. The van der Waals surface area contributed by atoms with Gasteiger partial charge in [0.05, 0.1) is 12.1 Å². The number of hydrogen-bond acceptors (Lipinski definition) is 2. The maximum atomic E-state index is 13.0. The lowest BCUT2D eigenvalue weighted by atomic mass is 10.1. The summed E-state index contributed by atoms with van der Waals surface area (Å²) in [6.07, 6.45) is -3.96. The highest BCUT2D eigenvalue weighted by Crippen LogP contribution is 2.36. The molecule has 0 fully saturated rings. The summed E-state index contributed by atoms with van der Waals surface area (Å²) in [6, 6.07) is 10.5. The largest absolute Gasteiger partial charge is 0.418 e. The highest BCUT2D eigenvalue weighted by molar-refractivity contribution is 6.31. The van der Waals surface area contributed by atoms with Crippen LogP contribution in [0.5, 0.6) is 0 Å². The van der Waals surface area contributed by atoms with Crippen molar-refractivity contribution >= 4 is 34.8 Å². The van der Waals surface area contributed by atoms with Gasteiger partial charge < -0.3 is 10.6 Å². The van der Waals surface area contributed by atoms with Crippen molar-refractivity contribution in [3.05, 3.63) is 63.6 Å². The molecule has 2 aromatic rings. The van der Waals surface area contributed by atoms with E-state index in [-0.39, 0.29) is 17.3 Å². The summed E-state index contributed by atoms with van der Waals surface area (Å²) in [5.41, 5.74) is -0.103. The molecule has 2 rings (SSSR count). The van der Waals surface area contributed by atoms with Crippen LogP contribution in [0.3, 0.4) is 0 Å². The van der Waals surface area contributed by atoms with Gasteiger partial charge in [-0.15, -0.1) is 0 Å². The van der Waals surface area contributed by atoms with Crippen molar-refractivity contribution in [1.29, 1.82) is 0 Å². The van der Waals surface area contributed by atoms with Gasteiger partial charge in [0.25, 0.3) is 0 Å². The lowest BCUT2D eigenvalue weighted by Crippen LogP contribution is -2.31. The van der Waals surface area contributed by atoms with Crippen LogP contribution in [0.25, 0.3) is 0 Å². The van der Waals surface area contributed by atoms with Crippen LogP contribution in [0.2, 0.25) is 10.0 Å². The summed E-state index contributed by atoms with van der Waals surface area (Å²) in [5, 5.41) is 5.74. The Kier molecular flexibility index (Phi) is 6.56. The lowest BCUT2D eigenvalue weighted by Gasteiger charge is -2.15. The average Bonchev–Trinajstić information content (AvgIpc) is 2.54. The third kappa shape index (κ3) is 6.14. The lowest BCUT2D eigenvalue weighted by molar-refractivity contribution is -0.137. The summed E-state index contributed by atoms with van der Waals surface area (Å²) >= 11 is 11.4. The third-order valence-electron chi connectivity index (χ3n) is 3.38. The van der Waals surface area contributed by atoms with E-state index in [2.05, 4.69) is 10.6 Å². The molecule has 0 atom stereocenters. The zero-order valence-electron chi connectivity index (χ0n) is 13.0. The van der Waals surface area contributed by atoms with Crippen LogP contribution in [-0.2, 0) is 17.4 Å². The molecular formula is C17H15Cl2F3N2O. The van der Waals surface area contributed by atoms with Crippen molar-refractivity contribution in [3.8, 4) is 0 Å². The van der Waals surface area contributed by atoms with Gasteiger partial charge >= 0.3 is 6.18 Å². The molecule has 0 aliphatic carbocycles. The number of amides is 1. The van der Waals surface area contributed by atoms with Crippen molar-refractivity contribution in [2.45, 2.75) is 12.6 Å². The molecule has 3 nitrogen and oxygen atoms in total. The predicted molar refractivity (Wildman–Crippen MR) is 93.1 cm³/mol. The highest BCUT2D eigenvalue weighted by Gasteiger charge is 2.33. The molecule has 0 bridgehead atoms. The molecule has 2 aromatic carbocycles. The smallest absolute Gasteiger partial charge is 0.376 e. The van der Waals surface area contributed by atoms with Crippen molar-refractivity contribution in [2.75, 3.05) is 18.4 Å². The Labute approximate surface area is 153 Å². The zero-order chi connectivity index (χ0) is 18.4. The summed E-state index contributed by atoms with van der Waals surface area (Å²) < 4.78 is 38.9. The van der Waals surface area contributed by atoms with Gasteiger partial charge in [-0.25, -0.2) is 0 Å². The van der Waals surface area contributed by atoms with Gasteiger partial charge in [0.2, 0.25) is 5.91 Å². The number of halogens is 5. The van der Waals surface area contributed by atoms with E-state index in [1.165, 1.54) is 12.1 Å². The van der Waals surface area contributed by atoms with Crippen LogP contribution in [0.15, 0.2) is 42.5 Å². The Morgan fingerprint density at radius 3 is 2.28 bits per heavy atom. The number of carbonyl (C=O) groups excluding carboxylic acids is 1. The average molecular weight is 391 g/mol. The first kappa shape index (κ1) is 19.4. The molecule has 0 aliphatic heterocycles. The first-order valence-corrected chi connectivity index (χ1v) is 8.13. The number of anilines is 1. The van der Waals surface area contributed by atoms with Crippen molar-refractivity contribution in [2.24, 2.45) is 0 Å². The molecule has 0 saturated carbocycles. The first-order chi connectivity index (χ1) is 11.8. The molecule has 1 amide bonds. The number of alkyl halides is 3. The van der Waals surface area contributed by atoms with Crippen LogP contribution in [-0.4, -0.2) is 19.0 Å². The Hall–Kier alpha value is -1.92. The fourth-order valence-electron chi connectivity index (χ4n) is 2.14. The molecule has 8 heteroatoms. The summed E-state index contributed by atoms with van der Waals surface area (Å²) in [7, 11) is 0. The second-order valence-corrected chi connectivity index (χ2v) is 6.14. The number of carbonyl (C=O) groups is 1. The van der Waals surface area contributed by atoms with E-state index in [1.807, 2.05) is 12.1 Å². The number of rotatable bonds is 6. The third-order valence-corrected chi connectivity index (χ3v) is 3.86. The summed E-state index contributed by atoms with van der Waals surface area (Å²) in [5.74, 6) is -0.406. The molecule has 2 N–H and O–H groups in total. The molecule has 0 unspecified atom stereocenters. The normalized spacial score (nSPS) is 11.2. The van der Waals surface area contributed by atoms with Crippen LogP contribution in [0.4, 0.5) is 18.9 Å². The standard InChI is InChI=1S/C17H15Cl2F3N2O/c18-12-3-1-11(2-4-12)7-8-23-16(25)10-24-15-6-5-13(19)9-14(15)17(20,21)22/h1-6,9,24H,7-8,10H2,(H,23,25). The van der Waals surface area contributed by atoms with Gasteiger partial charge in [-0.3, -0.25) is 4.79 Å². The van der Waals surface area contributed by atoms with E-state index in [1.54, 1.807) is 12.1 Å². The van der Waals surface area contributed by atoms with Gasteiger partial charge in [0.15, 0.2) is 0 Å². The first-order valence-electron chi connectivity index (χ1n) is 7.37. The molecular weight excluding hydrogens is 376 g/mol. The predicted octanol–water partition coefficient (Wildman–Crippen LogP) is 4.78. The van der Waals surface area contributed by atoms with Gasteiger partial charge in [-0.2, -0.15) is 13.2 Å². The SMILES string of the molecule is O=C(CNc1ccc(Cl)cc1C(F)(F)F)NCCc1ccc(Cl)cc1. The number of nitrogens with one attached hydrogen (secondary N) is 2. The minimum absolute atomic E-state index is 0.0229. The summed E-state index contributed by atoms with van der Waals surface area (Å²) in [4.78, 5) is 11.8. The minimum atomic E-state index is -4.56. The number of benzene rings is 2. The van der Waals surface area contributed by atoms with Crippen LogP contribution in [0, 0.1) is 0 Å². The monoisotopic (exact) mass is 390 g/mol. The second kappa shape index (κ2) is 8.45. The van der Waals surface area contributed by atoms with Gasteiger partial charge in [-0.05, 0) is 42.3 Å². The van der Waals surface area contributed by atoms with Gasteiger partial charge in [-0.1, -0.05) is 35.3 Å². The Balaban J connectivity index is 1.85. The van der Waals surface area contributed by atoms with E-state index in [0.717, 1.165) is 11.6 Å². The Morgan fingerprint density at radius 2 is 1.64 bits per heavy atom. The number of hydrogen-bond donors (Lipinski definition) is 2. The molecule has 134 valence electrons. The molecule has 0 aromatic heterocycles. The van der Waals surface area contributed by atoms with Gasteiger partial charge in [0.1, 0.15) is 0 Å². The van der Waals surface area contributed by atoms with E-state index in [9.17, 15) is 18.0 Å². The molecule has 0 radical (unpaired) electrons.